The molecule has 0 spiro atoms. The van der Waals surface area contributed by atoms with E-state index in [9.17, 15) is 0 Å². The van der Waals surface area contributed by atoms with E-state index in [2.05, 4.69) is 123 Å². The van der Waals surface area contributed by atoms with Crippen molar-refractivity contribution in [2.45, 2.75) is 44.6 Å². The highest BCUT2D eigenvalue weighted by molar-refractivity contribution is 5.70. The number of nitrogens with zero attached hydrogens (tertiary/aromatic N) is 1. The molecule has 224 valence electrons. The van der Waals surface area contributed by atoms with Gasteiger partial charge in [0.2, 0.25) is 0 Å². The van der Waals surface area contributed by atoms with Gasteiger partial charge in [0.15, 0.2) is 0 Å². The summed E-state index contributed by atoms with van der Waals surface area (Å²) in [6.45, 7) is 14.1. The third-order valence-corrected chi connectivity index (χ3v) is 8.20. The molecule has 2 aromatic carbocycles. The number of fused-ring (bicyclic) bond motifs is 2. The first-order chi connectivity index (χ1) is 20.4. The molecular weight excluding hydrogens is 524 g/mol. The van der Waals surface area contributed by atoms with Crippen LogP contribution in [0.5, 0.6) is 0 Å². The van der Waals surface area contributed by atoms with Crippen molar-refractivity contribution in [1.29, 1.82) is 0 Å². The molecule has 0 amide bonds. The summed E-state index contributed by atoms with van der Waals surface area (Å²) in [5, 5.41) is 2.38. The lowest BCUT2D eigenvalue weighted by Crippen LogP contribution is -2.84. The molecule has 6 nitrogen and oxygen atoms in total. The van der Waals surface area contributed by atoms with Gasteiger partial charge in [-0.3, -0.25) is 0 Å². The Labute approximate surface area is 252 Å². The van der Waals surface area contributed by atoms with E-state index in [1.165, 1.54) is 28.2 Å². The third-order valence-electron chi connectivity index (χ3n) is 8.20. The van der Waals surface area contributed by atoms with Gasteiger partial charge in [0, 0.05) is 28.9 Å². The number of allylic oxidation sites excluding steroid dienone is 5. The second-order valence-corrected chi connectivity index (χ2v) is 11.7. The van der Waals surface area contributed by atoms with Gasteiger partial charge in [0.1, 0.15) is 18.3 Å². The second kappa shape index (κ2) is 15.3. The zero-order valence-corrected chi connectivity index (χ0v) is 25.7. The lowest BCUT2D eigenvalue weighted by Gasteiger charge is -2.27. The molecule has 0 aliphatic carbocycles. The Morgan fingerprint density at radius 1 is 0.786 bits per heavy atom. The van der Waals surface area contributed by atoms with Crippen LogP contribution < -0.4 is 10.2 Å². The van der Waals surface area contributed by atoms with Gasteiger partial charge < -0.3 is 29.2 Å². The number of para-hydroxylation sites is 2. The first-order valence-electron chi connectivity index (χ1n) is 15.0. The number of terminal acetylenes is 1. The Kier molecular flexibility index (Phi) is 11.6. The minimum absolute atomic E-state index is 0.0947. The fourth-order valence-electron chi connectivity index (χ4n) is 5.83. The molecule has 2 aliphatic heterocycles. The Morgan fingerprint density at radius 3 is 2.10 bits per heavy atom. The van der Waals surface area contributed by atoms with Crippen LogP contribution in [0.3, 0.4) is 0 Å². The van der Waals surface area contributed by atoms with E-state index in [0.717, 1.165) is 6.54 Å². The monoisotopic (exact) mass is 571 g/mol. The summed E-state index contributed by atoms with van der Waals surface area (Å²) in [5.41, 5.74) is 6.65. The lowest BCUT2D eigenvalue weighted by molar-refractivity contribution is -0.596. The number of hydrogen-bond acceptors (Lipinski definition) is 5. The quantitative estimate of drug-likeness (QED) is 0.133. The van der Waals surface area contributed by atoms with E-state index < -0.39 is 0 Å². The van der Waals surface area contributed by atoms with Crippen LogP contribution in [0.15, 0.2) is 84.6 Å². The van der Waals surface area contributed by atoms with Gasteiger partial charge in [0.05, 0.1) is 51.7 Å². The molecule has 4 rings (SSSR count). The van der Waals surface area contributed by atoms with E-state index in [1.807, 2.05) is 0 Å². The Morgan fingerprint density at radius 2 is 1.40 bits per heavy atom. The summed E-state index contributed by atoms with van der Waals surface area (Å²) in [6.07, 6.45) is 16.2. The fraction of sp³-hybridized carbons (Fsp3) is 0.444. The Hall–Kier alpha value is -3.18. The molecule has 2 N–H and O–H groups in total. The largest absolute Gasteiger partial charge is 0.377 e. The molecule has 0 fully saturated rings. The molecular formula is C36H47N2O4+. The summed E-state index contributed by atoms with van der Waals surface area (Å²) in [7, 11) is 0. The molecule has 0 saturated heterocycles. The molecule has 2 aromatic rings. The molecule has 42 heavy (non-hydrogen) atoms. The summed E-state index contributed by atoms with van der Waals surface area (Å²) in [5.74, 6) is 2.43. The van der Waals surface area contributed by atoms with Gasteiger partial charge in [-0.25, -0.2) is 0 Å². The van der Waals surface area contributed by atoms with E-state index in [0.29, 0.717) is 58.9 Å². The zero-order chi connectivity index (χ0) is 29.8. The second-order valence-electron chi connectivity index (χ2n) is 11.7. The van der Waals surface area contributed by atoms with Crippen molar-refractivity contribution in [2.24, 2.45) is 0 Å². The number of benzene rings is 2. The molecule has 1 atom stereocenters. The number of quaternary nitrogens is 1. The van der Waals surface area contributed by atoms with Gasteiger partial charge in [-0.05, 0) is 43.7 Å². The topological polar surface area (TPSA) is 56.8 Å². The van der Waals surface area contributed by atoms with Crippen molar-refractivity contribution in [3.63, 3.8) is 0 Å². The van der Waals surface area contributed by atoms with Crippen molar-refractivity contribution in [3.8, 4) is 12.3 Å². The number of ether oxygens (including phenoxy) is 4. The molecule has 2 heterocycles. The Balaban J connectivity index is 1.26. The zero-order valence-electron chi connectivity index (χ0n) is 25.7. The molecule has 1 unspecified atom stereocenters. The Bertz CT molecular complexity index is 1290. The highest BCUT2D eigenvalue weighted by Gasteiger charge is 2.42. The van der Waals surface area contributed by atoms with Crippen LogP contribution in [0.2, 0.25) is 0 Å². The maximum absolute atomic E-state index is 5.94. The van der Waals surface area contributed by atoms with Crippen LogP contribution in [0.4, 0.5) is 11.4 Å². The van der Waals surface area contributed by atoms with Crippen molar-refractivity contribution in [2.75, 3.05) is 64.3 Å². The molecule has 6 heteroatoms. The summed E-state index contributed by atoms with van der Waals surface area (Å²) >= 11 is 0. The predicted molar refractivity (Wildman–Crippen MR) is 170 cm³/mol. The van der Waals surface area contributed by atoms with E-state index in [1.54, 1.807) is 0 Å². The summed E-state index contributed by atoms with van der Waals surface area (Å²) in [6, 6.07) is 17.8. The standard InChI is InChI=1S/C36H46N2O4/c1-6-21-39-23-25-41-27-28-42-26-24-40-22-20-38-32-17-13-11-15-30(32)36(4,5)34(38)19-9-7-8-18-33-35(2,3)29-14-10-12-16-31(29)37-33/h1,7-19,33,37H,20-28H2,2-5H3/p+1/b9-7+,18-8+,34-19+. The smallest absolute Gasteiger partial charge is 0.134 e. The first-order valence-corrected chi connectivity index (χ1v) is 15.0. The maximum Gasteiger partial charge on any atom is 0.134 e. The minimum atomic E-state index is -0.0947. The fourth-order valence-corrected chi connectivity index (χ4v) is 5.83. The van der Waals surface area contributed by atoms with E-state index in [-0.39, 0.29) is 10.8 Å². The van der Waals surface area contributed by atoms with Crippen molar-refractivity contribution in [3.05, 3.63) is 95.7 Å². The first kappa shape index (κ1) is 31.7. The highest BCUT2D eigenvalue weighted by Crippen LogP contribution is 2.47. The van der Waals surface area contributed by atoms with E-state index in [4.69, 9.17) is 25.4 Å². The van der Waals surface area contributed by atoms with Crippen LogP contribution >= 0.6 is 0 Å². The van der Waals surface area contributed by atoms with Crippen LogP contribution in [-0.2, 0) is 29.8 Å². The summed E-state index contributed by atoms with van der Waals surface area (Å²) in [4.78, 5) is 2.39. The SMILES string of the molecule is C#CCOCCOCCOCCOCCN1/C(=C/C=C/C=C/C2[NH2+]c3ccccc3C2(C)C)C(C)(C)c2ccccc21. The minimum Gasteiger partial charge on any atom is -0.377 e. The lowest BCUT2D eigenvalue weighted by atomic mass is 9.80. The number of nitrogens with two attached hydrogens (primary N) is 1. The number of anilines is 1. The van der Waals surface area contributed by atoms with Crippen LogP contribution in [0.25, 0.3) is 0 Å². The van der Waals surface area contributed by atoms with Crippen LogP contribution in [-0.4, -0.2) is 65.4 Å². The van der Waals surface area contributed by atoms with E-state index >= 15 is 0 Å². The van der Waals surface area contributed by atoms with Crippen LogP contribution in [0, 0.1) is 12.3 Å². The van der Waals surface area contributed by atoms with Crippen LogP contribution in [0.1, 0.15) is 38.8 Å². The number of hydrogen-bond donors (Lipinski definition) is 1. The maximum atomic E-state index is 5.94. The van der Waals surface area contributed by atoms with Gasteiger partial charge in [-0.1, -0.05) is 74.4 Å². The molecule has 0 aromatic heterocycles. The number of rotatable bonds is 16. The molecule has 0 bridgehead atoms. The van der Waals surface area contributed by atoms with Gasteiger partial charge >= 0.3 is 0 Å². The van der Waals surface area contributed by atoms with Gasteiger partial charge in [-0.15, -0.1) is 6.42 Å². The normalized spacial score (nSPS) is 19.5. The molecule has 2 aliphatic rings. The summed E-state index contributed by atoms with van der Waals surface area (Å²) < 4.78 is 22.2. The van der Waals surface area contributed by atoms with Gasteiger partial charge in [0.25, 0.3) is 0 Å². The van der Waals surface area contributed by atoms with Crippen molar-refractivity contribution >= 4 is 11.4 Å². The average Bonchev–Trinajstić information content (AvgIpc) is 3.37. The molecule has 0 saturated carbocycles. The van der Waals surface area contributed by atoms with Crippen molar-refractivity contribution in [1.82, 2.24) is 0 Å². The van der Waals surface area contributed by atoms with Gasteiger partial charge in [-0.2, -0.15) is 0 Å². The highest BCUT2D eigenvalue weighted by atomic mass is 16.6. The third kappa shape index (κ3) is 7.80. The molecule has 0 radical (unpaired) electrons. The predicted octanol–water partition coefficient (Wildman–Crippen LogP) is 5.04. The van der Waals surface area contributed by atoms with Crippen molar-refractivity contribution < 1.29 is 24.3 Å². The average molecular weight is 572 g/mol.